The van der Waals surface area contributed by atoms with Crippen LogP contribution in [-0.2, 0) is 11.3 Å². The van der Waals surface area contributed by atoms with Gasteiger partial charge < -0.3 is 4.90 Å². The van der Waals surface area contributed by atoms with Crippen LogP contribution < -0.4 is 0 Å². The zero-order chi connectivity index (χ0) is 32.7. The molecule has 7 rings (SSSR count). The minimum atomic E-state index is -0.425. The zero-order valence-electron chi connectivity index (χ0n) is 26.1. The Bertz CT molecular complexity index is 2080. The van der Waals surface area contributed by atoms with Crippen molar-refractivity contribution in [2.75, 3.05) is 0 Å². The van der Waals surface area contributed by atoms with E-state index in [1.807, 2.05) is 102 Å². The van der Waals surface area contributed by atoms with Gasteiger partial charge in [0.05, 0.1) is 26.0 Å². The number of allylic oxidation sites excluding steroid dienone is 2. The Balaban J connectivity index is 1.12. The van der Waals surface area contributed by atoms with E-state index in [1.165, 1.54) is 16.5 Å². The average Bonchev–Trinajstić information content (AvgIpc) is 3.48. The van der Waals surface area contributed by atoms with Gasteiger partial charge in [-0.25, -0.2) is 4.99 Å². The molecule has 0 saturated heterocycles. The first-order valence-corrected chi connectivity index (χ1v) is 16.3. The number of fused-ring (bicyclic) bond motifs is 5. The Labute approximate surface area is 285 Å². The lowest BCUT2D eigenvalue weighted by Gasteiger charge is -2.23. The molecule has 224 valence electrons. The molecule has 4 radical (unpaired) electrons. The molecular formula is C33H26B4ClN7OS. The number of halogens is 1. The summed E-state index contributed by atoms with van der Waals surface area (Å²) in [6.07, 6.45) is 7.17. The molecule has 5 heterocycles. The van der Waals surface area contributed by atoms with E-state index < -0.39 is 5.91 Å². The number of benzene rings is 2. The second-order valence-electron chi connectivity index (χ2n) is 11.3. The van der Waals surface area contributed by atoms with Gasteiger partial charge in [0.2, 0.25) is 0 Å². The minimum Gasteiger partial charge on any atom is -0.329 e. The SMILES string of the molecule is C=CC(=O)N=C1N=C2C=CC([B][B][B][B]C3N=C(c4ccc(Cl)cc4)c4c(sc(C)c4C)-n4c(C)nnc43)=CN2Cc2ccccc21. The van der Waals surface area contributed by atoms with Crippen molar-refractivity contribution in [3.63, 3.8) is 0 Å². The summed E-state index contributed by atoms with van der Waals surface area (Å²) >= 11 is 7.98. The van der Waals surface area contributed by atoms with E-state index in [1.54, 1.807) is 11.3 Å². The number of amidine groups is 2. The largest absolute Gasteiger partial charge is 0.329 e. The van der Waals surface area contributed by atoms with Crippen LogP contribution in [0.4, 0.5) is 0 Å². The molecule has 0 N–H and O–H groups in total. The van der Waals surface area contributed by atoms with E-state index in [9.17, 15) is 4.79 Å². The topological polar surface area (TPSA) is 88.1 Å². The van der Waals surface area contributed by atoms with Crippen LogP contribution in [0.5, 0.6) is 0 Å². The van der Waals surface area contributed by atoms with Gasteiger partial charge in [-0.05, 0) is 62.4 Å². The second-order valence-corrected chi connectivity index (χ2v) is 12.9. The molecule has 1 unspecified atom stereocenters. The highest BCUT2D eigenvalue weighted by Gasteiger charge is 2.31. The minimum absolute atomic E-state index is 0.362. The molecule has 2 aromatic carbocycles. The molecule has 0 bridgehead atoms. The number of rotatable bonds is 7. The summed E-state index contributed by atoms with van der Waals surface area (Å²) in [5.41, 5.74) is 7.05. The molecule has 2 aromatic heterocycles. The van der Waals surface area contributed by atoms with Gasteiger partial charge in [0, 0.05) is 47.3 Å². The Morgan fingerprint density at radius 2 is 1.89 bits per heavy atom. The van der Waals surface area contributed by atoms with Crippen molar-refractivity contribution in [2.45, 2.75) is 33.3 Å². The molecule has 3 aliphatic rings. The van der Waals surface area contributed by atoms with E-state index in [2.05, 4.69) is 45.1 Å². The molecule has 0 saturated carbocycles. The molecule has 3 aliphatic heterocycles. The third kappa shape index (κ3) is 6.05. The standard InChI is InChI=1S/C33H26B4ClN7OS/c1-5-27(46)40-31-25-9-7-6-8-22(25)16-44-17-23(12-15-26(44)39-31)34-36-37-35-30-32-43-42-20(4)45(32)33-28(18(2)19(3)47-33)29(41-30)21-10-13-24(38)14-11-21/h5-15,17,30H,1,16H2,2-4H3. The third-order valence-electron chi connectivity index (χ3n) is 8.23. The Kier molecular flexibility index (Phi) is 8.59. The first-order chi connectivity index (χ1) is 22.8. The van der Waals surface area contributed by atoms with E-state index >= 15 is 0 Å². The van der Waals surface area contributed by atoms with Crippen molar-refractivity contribution in [3.05, 3.63) is 134 Å². The lowest BCUT2D eigenvalue weighted by Crippen LogP contribution is -2.29. The fourth-order valence-corrected chi connectivity index (χ4v) is 7.11. The number of aromatic nitrogens is 3. The fraction of sp³-hybridized carbons (Fsp3) is 0.152. The maximum atomic E-state index is 12.1. The Hall–Kier alpha value is -4.47. The van der Waals surface area contributed by atoms with Crippen LogP contribution in [0.2, 0.25) is 5.02 Å². The van der Waals surface area contributed by atoms with Crippen LogP contribution in [0, 0.1) is 20.8 Å². The number of nitrogens with zero attached hydrogens (tertiary/aromatic N) is 7. The molecule has 14 heteroatoms. The van der Waals surface area contributed by atoms with E-state index in [0.717, 1.165) is 50.1 Å². The smallest absolute Gasteiger partial charge is 0.271 e. The first kappa shape index (κ1) is 31.1. The van der Waals surface area contributed by atoms with Crippen molar-refractivity contribution < 1.29 is 4.79 Å². The number of amides is 1. The quantitative estimate of drug-likeness (QED) is 0.159. The number of carbonyl (C=O) groups excluding carboxylic acids is 1. The number of aliphatic imine (C=N–C) groups is 3. The summed E-state index contributed by atoms with van der Waals surface area (Å²) in [4.78, 5) is 29.6. The maximum absolute atomic E-state index is 12.1. The van der Waals surface area contributed by atoms with Crippen LogP contribution in [0.1, 0.15) is 50.3 Å². The monoisotopic (exact) mass is 647 g/mol. The van der Waals surface area contributed by atoms with E-state index in [-0.39, 0.29) is 5.94 Å². The number of hydrogen-bond donors (Lipinski definition) is 0. The van der Waals surface area contributed by atoms with Crippen molar-refractivity contribution in [1.29, 1.82) is 0 Å². The fourth-order valence-electron chi connectivity index (χ4n) is 5.77. The van der Waals surface area contributed by atoms with Crippen molar-refractivity contribution in [3.8, 4) is 5.00 Å². The normalized spacial score (nSPS) is 17.1. The average molecular weight is 647 g/mol. The van der Waals surface area contributed by atoms with Gasteiger partial charge >= 0.3 is 0 Å². The summed E-state index contributed by atoms with van der Waals surface area (Å²) in [6.45, 7) is 10.4. The molecular weight excluding hydrogens is 621 g/mol. The van der Waals surface area contributed by atoms with Crippen LogP contribution in [-0.4, -0.2) is 71.4 Å². The van der Waals surface area contributed by atoms with Gasteiger partial charge in [-0.3, -0.25) is 14.4 Å². The van der Waals surface area contributed by atoms with Gasteiger partial charge in [0.25, 0.3) is 5.91 Å². The first-order valence-electron chi connectivity index (χ1n) is 15.1. The predicted molar refractivity (Wildman–Crippen MR) is 195 cm³/mol. The molecule has 4 aromatic rings. The molecule has 0 aliphatic carbocycles. The third-order valence-corrected chi connectivity index (χ3v) is 9.68. The van der Waals surface area contributed by atoms with Gasteiger partial charge in [0.1, 0.15) is 16.7 Å². The second kappa shape index (κ2) is 13.0. The molecule has 8 nitrogen and oxygen atoms in total. The summed E-state index contributed by atoms with van der Waals surface area (Å²) in [6, 6.07) is 15.7. The highest BCUT2D eigenvalue weighted by atomic mass is 35.5. The van der Waals surface area contributed by atoms with Crippen molar-refractivity contribution in [2.24, 2.45) is 15.0 Å². The van der Waals surface area contributed by atoms with Crippen molar-refractivity contribution >= 4 is 74.7 Å². The van der Waals surface area contributed by atoms with E-state index in [0.29, 0.717) is 23.2 Å². The van der Waals surface area contributed by atoms with Crippen LogP contribution in [0.15, 0.2) is 100.0 Å². The predicted octanol–water partition coefficient (Wildman–Crippen LogP) is 5.10. The van der Waals surface area contributed by atoms with Crippen LogP contribution >= 0.6 is 22.9 Å². The highest BCUT2D eigenvalue weighted by Crippen LogP contribution is 2.38. The number of hydrogen-bond acceptors (Lipinski definition) is 6. The summed E-state index contributed by atoms with van der Waals surface area (Å²) in [5, 5.41) is 10.8. The van der Waals surface area contributed by atoms with Crippen LogP contribution in [0.3, 0.4) is 0 Å². The molecule has 47 heavy (non-hydrogen) atoms. The summed E-state index contributed by atoms with van der Waals surface area (Å²) < 4.78 is 2.13. The number of aryl methyl sites for hydroxylation is 2. The number of thiophene rings is 1. The summed E-state index contributed by atoms with van der Waals surface area (Å²) in [5.74, 6) is 1.89. The van der Waals surface area contributed by atoms with Gasteiger partial charge in [-0.1, -0.05) is 66.1 Å². The van der Waals surface area contributed by atoms with Gasteiger partial charge in [0.15, 0.2) is 11.7 Å². The van der Waals surface area contributed by atoms with Crippen LogP contribution in [0.25, 0.3) is 5.00 Å². The Morgan fingerprint density at radius 3 is 2.70 bits per heavy atom. The Morgan fingerprint density at radius 1 is 1.09 bits per heavy atom. The van der Waals surface area contributed by atoms with Gasteiger partial charge in [-0.15, -0.1) is 21.5 Å². The molecule has 0 spiro atoms. The molecule has 1 amide bonds. The highest BCUT2D eigenvalue weighted by molar-refractivity contribution is 7.45. The lowest BCUT2D eigenvalue weighted by atomic mass is 9.06. The maximum Gasteiger partial charge on any atom is 0.271 e. The molecule has 1 atom stereocenters. The van der Waals surface area contributed by atoms with Crippen molar-refractivity contribution in [1.82, 2.24) is 19.7 Å². The zero-order valence-corrected chi connectivity index (χ0v) is 27.6. The molecule has 0 fully saturated rings. The lowest BCUT2D eigenvalue weighted by molar-refractivity contribution is -0.113. The van der Waals surface area contributed by atoms with Gasteiger partial charge in [-0.2, -0.15) is 4.99 Å². The number of carbonyl (C=O) groups is 1. The summed E-state index contributed by atoms with van der Waals surface area (Å²) in [7, 11) is 8.09. The van der Waals surface area contributed by atoms with E-state index in [4.69, 9.17) is 21.6 Å².